The number of pyridine rings is 1. The fraction of sp³-hybridized carbons (Fsp3) is 0.526. The summed E-state index contributed by atoms with van der Waals surface area (Å²) in [6, 6.07) is 4.45. The topological polar surface area (TPSA) is 75.3 Å². The van der Waals surface area contributed by atoms with Crippen molar-refractivity contribution in [1.29, 1.82) is 0 Å². The molecule has 2 aromatic rings. The fourth-order valence-electron chi connectivity index (χ4n) is 4.18. The van der Waals surface area contributed by atoms with Crippen molar-refractivity contribution in [2.75, 3.05) is 25.4 Å². The number of amides is 1. The van der Waals surface area contributed by atoms with Crippen molar-refractivity contribution in [1.82, 2.24) is 19.8 Å². The van der Waals surface area contributed by atoms with Crippen LogP contribution in [0.25, 0.3) is 0 Å². The lowest BCUT2D eigenvalue weighted by Crippen LogP contribution is -2.47. The van der Waals surface area contributed by atoms with Gasteiger partial charge in [0.05, 0.1) is 5.69 Å². The molecule has 3 aliphatic heterocycles. The largest absolute Gasteiger partial charge is 0.375 e. The molecule has 3 aliphatic rings. The van der Waals surface area contributed by atoms with E-state index in [-0.39, 0.29) is 5.91 Å². The highest BCUT2D eigenvalue weighted by Gasteiger charge is 2.36. The normalized spacial score (nSPS) is 23.2. The van der Waals surface area contributed by atoms with E-state index in [2.05, 4.69) is 25.8 Å². The minimum atomic E-state index is 0.259. The maximum Gasteiger partial charge on any atom is 0.223 e. The van der Waals surface area contributed by atoms with Gasteiger partial charge in [0.25, 0.3) is 0 Å². The number of nitrogen functional groups attached to an aromatic ring is 1. The zero-order chi connectivity index (χ0) is 17.9. The average molecular weight is 372 g/mol. The Labute approximate surface area is 158 Å². The molecule has 2 atom stereocenters. The average Bonchev–Trinajstić information content (AvgIpc) is 2.87. The van der Waals surface area contributed by atoms with Crippen LogP contribution in [0.1, 0.15) is 30.5 Å². The number of rotatable bonds is 5. The van der Waals surface area contributed by atoms with Gasteiger partial charge in [0.15, 0.2) is 5.13 Å². The Balaban J connectivity index is 1.37. The molecule has 0 saturated carbocycles. The van der Waals surface area contributed by atoms with Gasteiger partial charge in [-0.15, -0.1) is 11.3 Å². The van der Waals surface area contributed by atoms with Gasteiger partial charge in [-0.25, -0.2) is 4.98 Å². The summed E-state index contributed by atoms with van der Waals surface area (Å²) in [6.45, 7) is 3.84. The van der Waals surface area contributed by atoms with Gasteiger partial charge in [0.2, 0.25) is 5.91 Å². The molecule has 3 fully saturated rings. The SMILES string of the molecule is Nc1nc(CCC(=O)N2C[C@H]3CC[C@@H]2CN(Cc2cccnc2)C3)cs1. The number of thiazole rings is 1. The predicted molar refractivity (Wildman–Crippen MR) is 103 cm³/mol. The number of aryl methyl sites for hydroxylation is 1. The Morgan fingerprint density at radius 1 is 1.31 bits per heavy atom. The molecule has 6 nitrogen and oxygen atoms in total. The van der Waals surface area contributed by atoms with Crippen molar-refractivity contribution in [2.24, 2.45) is 5.92 Å². The standard InChI is InChI=1S/C19H25N5OS/c20-19-22-16(13-26-19)4-6-18(25)24-11-15-3-5-17(24)12-23(10-15)9-14-2-1-7-21-8-14/h1-2,7-8,13,15,17H,3-6,9-12H2,(H2,20,22)/t15-,17+/m0/s1. The van der Waals surface area contributed by atoms with Gasteiger partial charge in [-0.3, -0.25) is 14.7 Å². The number of fused-ring (bicyclic) bond motifs is 4. The van der Waals surface area contributed by atoms with Gasteiger partial charge >= 0.3 is 0 Å². The van der Waals surface area contributed by atoms with Crippen LogP contribution in [0.5, 0.6) is 0 Å². The third-order valence-corrected chi connectivity index (χ3v) is 6.13. The fourth-order valence-corrected chi connectivity index (χ4v) is 4.78. The summed E-state index contributed by atoms with van der Waals surface area (Å²) in [7, 11) is 0. The monoisotopic (exact) mass is 371 g/mol. The Morgan fingerprint density at radius 3 is 3.00 bits per heavy atom. The van der Waals surface area contributed by atoms with Crippen LogP contribution >= 0.6 is 11.3 Å². The molecule has 5 rings (SSSR count). The van der Waals surface area contributed by atoms with E-state index in [0.717, 1.165) is 38.3 Å². The first-order valence-corrected chi connectivity index (χ1v) is 10.2. The van der Waals surface area contributed by atoms with Crippen LogP contribution in [0.2, 0.25) is 0 Å². The highest BCUT2D eigenvalue weighted by Crippen LogP contribution is 2.29. The van der Waals surface area contributed by atoms with Crippen molar-refractivity contribution < 1.29 is 4.79 Å². The van der Waals surface area contributed by atoms with Crippen LogP contribution in [0.3, 0.4) is 0 Å². The van der Waals surface area contributed by atoms with Crippen molar-refractivity contribution in [3.8, 4) is 0 Å². The number of carbonyl (C=O) groups excluding carboxylic acids is 1. The first kappa shape index (κ1) is 17.4. The molecule has 2 N–H and O–H groups in total. The number of nitrogens with two attached hydrogens (primary N) is 1. The molecule has 3 saturated heterocycles. The van der Waals surface area contributed by atoms with Gasteiger partial charge < -0.3 is 10.6 Å². The van der Waals surface area contributed by atoms with Crippen LogP contribution in [-0.4, -0.2) is 51.4 Å². The van der Waals surface area contributed by atoms with Crippen LogP contribution in [0.15, 0.2) is 29.9 Å². The van der Waals surface area contributed by atoms with E-state index in [1.54, 1.807) is 0 Å². The second-order valence-corrected chi connectivity index (χ2v) is 8.27. The van der Waals surface area contributed by atoms with E-state index in [1.807, 2.05) is 23.8 Å². The zero-order valence-electron chi connectivity index (χ0n) is 14.9. The highest BCUT2D eigenvalue weighted by molar-refractivity contribution is 7.13. The Morgan fingerprint density at radius 2 is 2.23 bits per heavy atom. The van der Waals surface area contributed by atoms with Crippen molar-refractivity contribution in [3.63, 3.8) is 0 Å². The van der Waals surface area contributed by atoms with Crippen LogP contribution < -0.4 is 5.73 Å². The van der Waals surface area contributed by atoms with E-state index in [4.69, 9.17) is 5.73 Å². The van der Waals surface area contributed by atoms with Gasteiger partial charge in [0.1, 0.15) is 0 Å². The molecule has 0 aromatic carbocycles. The second kappa shape index (κ2) is 7.72. The first-order chi connectivity index (χ1) is 12.7. The minimum Gasteiger partial charge on any atom is -0.375 e. The maximum atomic E-state index is 12.8. The third kappa shape index (κ3) is 4.04. The van der Waals surface area contributed by atoms with E-state index >= 15 is 0 Å². The molecule has 26 heavy (non-hydrogen) atoms. The summed E-state index contributed by atoms with van der Waals surface area (Å²) in [4.78, 5) is 25.9. The van der Waals surface area contributed by atoms with Crippen molar-refractivity contribution in [3.05, 3.63) is 41.2 Å². The lowest BCUT2D eigenvalue weighted by molar-refractivity contribution is -0.135. The summed E-state index contributed by atoms with van der Waals surface area (Å²) in [5.74, 6) is 0.832. The Kier molecular flexibility index (Phi) is 5.17. The quantitative estimate of drug-likeness (QED) is 0.872. The van der Waals surface area contributed by atoms with Gasteiger partial charge in [-0.1, -0.05) is 6.07 Å². The minimum absolute atomic E-state index is 0.259. The number of anilines is 1. The molecule has 5 heterocycles. The van der Waals surface area contributed by atoms with Crippen molar-refractivity contribution in [2.45, 2.75) is 38.3 Å². The van der Waals surface area contributed by atoms with Crippen LogP contribution in [-0.2, 0) is 17.8 Å². The van der Waals surface area contributed by atoms with E-state index in [9.17, 15) is 4.79 Å². The number of carbonyl (C=O) groups is 1. The first-order valence-electron chi connectivity index (χ1n) is 9.28. The second-order valence-electron chi connectivity index (χ2n) is 7.38. The van der Waals surface area contributed by atoms with Crippen LogP contribution in [0, 0.1) is 5.92 Å². The Bertz CT molecular complexity index is 749. The summed E-state index contributed by atoms with van der Waals surface area (Å²) >= 11 is 1.44. The predicted octanol–water partition coefficient (Wildman–Crippen LogP) is 2.18. The molecule has 2 bridgehead atoms. The number of hydrogen-bond acceptors (Lipinski definition) is 6. The third-order valence-electron chi connectivity index (χ3n) is 5.40. The highest BCUT2D eigenvalue weighted by atomic mass is 32.1. The maximum absolute atomic E-state index is 12.8. The van der Waals surface area contributed by atoms with E-state index in [0.29, 0.717) is 29.9 Å². The molecule has 0 aliphatic carbocycles. The number of nitrogens with zero attached hydrogens (tertiary/aromatic N) is 4. The molecule has 0 unspecified atom stereocenters. The summed E-state index contributed by atoms with van der Waals surface area (Å²) in [5.41, 5.74) is 7.85. The zero-order valence-corrected chi connectivity index (χ0v) is 15.7. The molecule has 7 heteroatoms. The Hall–Kier alpha value is -1.99. The number of hydrogen-bond donors (Lipinski definition) is 1. The molecule has 0 spiro atoms. The smallest absolute Gasteiger partial charge is 0.223 e. The van der Waals surface area contributed by atoms with Gasteiger partial charge in [-0.05, 0) is 36.8 Å². The van der Waals surface area contributed by atoms with E-state index < -0.39 is 0 Å². The molecular weight excluding hydrogens is 346 g/mol. The molecule has 2 aromatic heterocycles. The molecule has 0 radical (unpaired) electrons. The summed E-state index contributed by atoms with van der Waals surface area (Å²) in [6.07, 6.45) is 7.29. The number of aromatic nitrogens is 2. The molecule has 1 amide bonds. The summed E-state index contributed by atoms with van der Waals surface area (Å²) in [5, 5.41) is 2.53. The van der Waals surface area contributed by atoms with Crippen LogP contribution in [0.4, 0.5) is 5.13 Å². The molecular formula is C19H25N5OS. The van der Waals surface area contributed by atoms with Gasteiger partial charge in [0, 0.05) is 56.4 Å². The molecule has 138 valence electrons. The van der Waals surface area contributed by atoms with Crippen molar-refractivity contribution >= 4 is 22.4 Å². The van der Waals surface area contributed by atoms with E-state index in [1.165, 1.54) is 23.3 Å². The summed E-state index contributed by atoms with van der Waals surface area (Å²) < 4.78 is 0. The lowest BCUT2D eigenvalue weighted by Gasteiger charge is -2.36. The van der Waals surface area contributed by atoms with Gasteiger partial charge in [-0.2, -0.15) is 0 Å². The lowest BCUT2D eigenvalue weighted by atomic mass is 9.94. The number of piperidine rings is 1.